The smallest absolute Gasteiger partial charge is 0.281 e. The monoisotopic (exact) mass is 342 g/mol. The maximum atomic E-state index is 12.1. The van der Waals surface area contributed by atoms with Crippen LogP contribution in [-0.2, 0) is 15.0 Å². The number of nitrogens with zero attached hydrogens (tertiary/aromatic N) is 3. The van der Waals surface area contributed by atoms with Crippen LogP contribution in [0.25, 0.3) is 0 Å². The highest BCUT2D eigenvalue weighted by Crippen LogP contribution is 2.12. The Morgan fingerprint density at radius 2 is 1.67 bits per heavy atom. The molecule has 1 amide bonds. The molecule has 0 aliphatic carbocycles. The van der Waals surface area contributed by atoms with Gasteiger partial charge in [0, 0.05) is 40.3 Å². The van der Waals surface area contributed by atoms with Gasteiger partial charge in [-0.05, 0) is 12.3 Å². The molecule has 0 aromatic heterocycles. The van der Waals surface area contributed by atoms with Gasteiger partial charge in [0.1, 0.15) is 0 Å². The summed E-state index contributed by atoms with van der Waals surface area (Å²) in [5.41, 5.74) is 5.89. The van der Waals surface area contributed by atoms with Crippen LogP contribution in [0.4, 0.5) is 0 Å². The second kappa shape index (κ2) is 8.28. The largest absolute Gasteiger partial charge is 0.339 e. The van der Waals surface area contributed by atoms with Crippen LogP contribution in [0, 0.1) is 5.92 Å². The van der Waals surface area contributed by atoms with Gasteiger partial charge in [0.25, 0.3) is 10.2 Å². The second-order valence-corrected chi connectivity index (χ2v) is 7.89. The molecule has 1 aliphatic rings. The zero-order valence-electron chi connectivity index (χ0n) is 13.2. The number of hydrogen-bond acceptors (Lipinski definition) is 4. The van der Waals surface area contributed by atoms with Crippen molar-refractivity contribution < 1.29 is 13.2 Å². The first-order valence-electron chi connectivity index (χ1n) is 6.88. The van der Waals surface area contributed by atoms with Gasteiger partial charge in [0.05, 0.1) is 6.04 Å². The molecule has 1 rings (SSSR count). The number of carbonyl (C=O) groups excluding carboxylic acids is 1. The number of carbonyl (C=O) groups is 1. The molecule has 0 aromatic rings. The van der Waals surface area contributed by atoms with Crippen LogP contribution in [0.15, 0.2) is 0 Å². The summed E-state index contributed by atoms with van der Waals surface area (Å²) in [7, 11) is -0.380. The number of piperazine rings is 1. The molecule has 21 heavy (non-hydrogen) atoms. The molecule has 0 radical (unpaired) electrons. The van der Waals surface area contributed by atoms with Gasteiger partial charge in [-0.15, -0.1) is 12.4 Å². The number of amides is 1. The summed E-state index contributed by atoms with van der Waals surface area (Å²) >= 11 is 0. The average Bonchev–Trinajstić information content (AvgIpc) is 2.37. The Morgan fingerprint density at radius 1 is 1.19 bits per heavy atom. The van der Waals surface area contributed by atoms with Gasteiger partial charge in [-0.2, -0.15) is 17.0 Å². The normalized spacial score (nSPS) is 18.7. The Hall–Kier alpha value is -0.410. The van der Waals surface area contributed by atoms with Crippen LogP contribution in [-0.4, -0.2) is 74.2 Å². The van der Waals surface area contributed by atoms with Gasteiger partial charge in [0.2, 0.25) is 5.91 Å². The summed E-state index contributed by atoms with van der Waals surface area (Å²) in [5, 5.41) is 0. The lowest BCUT2D eigenvalue weighted by Gasteiger charge is -2.36. The summed E-state index contributed by atoms with van der Waals surface area (Å²) in [6.45, 7) is 5.49. The summed E-state index contributed by atoms with van der Waals surface area (Å²) in [6.07, 6.45) is 0.648. The molecule has 2 N–H and O–H groups in total. The van der Waals surface area contributed by atoms with E-state index in [9.17, 15) is 13.2 Å². The van der Waals surface area contributed by atoms with E-state index in [1.54, 1.807) is 4.90 Å². The Morgan fingerprint density at radius 3 is 2.05 bits per heavy atom. The fourth-order valence-electron chi connectivity index (χ4n) is 2.21. The molecule has 7 nitrogen and oxygen atoms in total. The standard InChI is InChI=1S/C12H26N4O3S.ClH/c1-10(2)9-11(13)12(17)15-5-7-16(8-6-15)20(18,19)14(3)4;/h10-11H,5-9,13H2,1-4H3;1H. The van der Waals surface area contributed by atoms with Gasteiger partial charge in [-0.3, -0.25) is 4.79 Å². The van der Waals surface area contributed by atoms with Crippen molar-refractivity contribution in [1.82, 2.24) is 13.5 Å². The summed E-state index contributed by atoms with van der Waals surface area (Å²) < 4.78 is 26.5. The Labute approximate surface area is 134 Å². The van der Waals surface area contributed by atoms with Crippen molar-refractivity contribution in [2.75, 3.05) is 40.3 Å². The van der Waals surface area contributed by atoms with Crippen molar-refractivity contribution in [3.8, 4) is 0 Å². The SMILES string of the molecule is CC(C)CC(N)C(=O)N1CCN(S(=O)(=O)N(C)C)CC1.Cl. The fraction of sp³-hybridized carbons (Fsp3) is 0.917. The van der Waals surface area contributed by atoms with Crippen molar-refractivity contribution in [3.05, 3.63) is 0 Å². The molecule has 1 atom stereocenters. The Balaban J connectivity index is 0.00000400. The van der Waals surface area contributed by atoms with Gasteiger partial charge in [-0.1, -0.05) is 13.8 Å². The highest BCUT2D eigenvalue weighted by molar-refractivity contribution is 7.86. The van der Waals surface area contributed by atoms with Crippen LogP contribution in [0.2, 0.25) is 0 Å². The lowest BCUT2D eigenvalue weighted by molar-refractivity contribution is -0.134. The fourth-order valence-corrected chi connectivity index (χ4v) is 3.30. The van der Waals surface area contributed by atoms with E-state index in [1.807, 2.05) is 13.8 Å². The van der Waals surface area contributed by atoms with E-state index < -0.39 is 16.3 Å². The number of halogens is 1. The van der Waals surface area contributed by atoms with E-state index in [2.05, 4.69) is 0 Å². The first-order chi connectivity index (χ1) is 9.16. The number of rotatable bonds is 5. The number of nitrogens with two attached hydrogens (primary N) is 1. The zero-order valence-corrected chi connectivity index (χ0v) is 14.8. The zero-order chi connectivity index (χ0) is 15.5. The van der Waals surface area contributed by atoms with E-state index >= 15 is 0 Å². The quantitative estimate of drug-likeness (QED) is 0.745. The molecule has 0 spiro atoms. The molecule has 1 unspecified atom stereocenters. The lowest BCUT2D eigenvalue weighted by Crippen LogP contribution is -2.56. The van der Waals surface area contributed by atoms with Crippen molar-refractivity contribution in [2.45, 2.75) is 26.3 Å². The lowest BCUT2D eigenvalue weighted by atomic mass is 10.0. The third-order valence-electron chi connectivity index (χ3n) is 3.38. The van der Waals surface area contributed by atoms with Crippen LogP contribution >= 0.6 is 12.4 Å². The molecule has 0 saturated carbocycles. The molecular formula is C12H27ClN4O3S. The van der Waals surface area contributed by atoms with Crippen LogP contribution in [0.3, 0.4) is 0 Å². The first kappa shape index (κ1) is 20.6. The molecule has 1 fully saturated rings. The topological polar surface area (TPSA) is 87.0 Å². The van der Waals surface area contributed by atoms with E-state index in [1.165, 1.54) is 22.7 Å². The average molecular weight is 343 g/mol. The van der Waals surface area contributed by atoms with Crippen molar-refractivity contribution in [1.29, 1.82) is 0 Å². The van der Waals surface area contributed by atoms with Crippen LogP contribution in [0.5, 0.6) is 0 Å². The van der Waals surface area contributed by atoms with E-state index in [0.29, 0.717) is 38.5 Å². The molecule has 126 valence electrons. The Bertz CT molecular complexity index is 434. The highest BCUT2D eigenvalue weighted by atomic mass is 35.5. The maximum Gasteiger partial charge on any atom is 0.281 e. The molecule has 1 saturated heterocycles. The highest BCUT2D eigenvalue weighted by Gasteiger charge is 2.31. The van der Waals surface area contributed by atoms with Crippen molar-refractivity contribution in [3.63, 3.8) is 0 Å². The predicted octanol–water partition coefficient (Wildman–Crippen LogP) is -0.268. The van der Waals surface area contributed by atoms with E-state index in [0.717, 1.165) is 0 Å². The van der Waals surface area contributed by atoms with Crippen LogP contribution < -0.4 is 5.73 Å². The maximum absolute atomic E-state index is 12.1. The first-order valence-corrected chi connectivity index (χ1v) is 8.28. The summed E-state index contributed by atoms with van der Waals surface area (Å²) in [6, 6.07) is -0.494. The van der Waals surface area contributed by atoms with Gasteiger partial charge in [-0.25, -0.2) is 0 Å². The third kappa shape index (κ3) is 5.37. The molecule has 9 heteroatoms. The van der Waals surface area contributed by atoms with Gasteiger partial charge >= 0.3 is 0 Å². The Kier molecular flexibility index (Phi) is 8.12. The molecular weight excluding hydrogens is 316 g/mol. The molecule has 1 heterocycles. The summed E-state index contributed by atoms with van der Waals surface area (Å²) in [5.74, 6) is 0.282. The molecule has 0 aromatic carbocycles. The van der Waals surface area contributed by atoms with E-state index in [-0.39, 0.29) is 18.3 Å². The minimum Gasteiger partial charge on any atom is -0.339 e. The minimum absolute atomic E-state index is 0. The molecule has 0 bridgehead atoms. The predicted molar refractivity (Wildman–Crippen MR) is 85.4 cm³/mol. The second-order valence-electron chi connectivity index (χ2n) is 5.75. The van der Waals surface area contributed by atoms with Crippen LogP contribution in [0.1, 0.15) is 20.3 Å². The van der Waals surface area contributed by atoms with Gasteiger partial charge in [0.15, 0.2) is 0 Å². The van der Waals surface area contributed by atoms with Crippen molar-refractivity contribution in [2.24, 2.45) is 11.7 Å². The van der Waals surface area contributed by atoms with E-state index in [4.69, 9.17) is 5.73 Å². The minimum atomic E-state index is -3.39. The number of hydrogen-bond donors (Lipinski definition) is 1. The molecule has 1 aliphatic heterocycles. The third-order valence-corrected chi connectivity index (χ3v) is 5.32. The summed E-state index contributed by atoms with van der Waals surface area (Å²) in [4.78, 5) is 13.8. The van der Waals surface area contributed by atoms with Gasteiger partial charge < -0.3 is 10.6 Å². The van der Waals surface area contributed by atoms with Crippen molar-refractivity contribution >= 4 is 28.5 Å².